The van der Waals surface area contributed by atoms with E-state index in [4.69, 9.17) is 0 Å². The summed E-state index contributed by atoms with van der Waals surface area (Å²) in [5, 5.41) is 10.8. The Kier molecular flexibility index (Phi) is 5.24. The predicted molar refractivity (Wildman–Crippen MR) is 75.7 cm³/mol. The van der Waals surface area contributed by atoms with Crippen LogP contribution in [0.3, 0.4) is 0 Å². The van der Waals surface area contributed by atoms with Gasteiger partial charge in [-0.2, -0.15) is 0 Å². The molecule has 0 radical (unpaired) electrons. The first-order valence-electron chi connectivity index (χ1n) is 5.14. The lowest BCUT2D eigenvalue weighted by molar-refractivity contribution is -0.387. The van der Waals surface area contributed by atoms with Gasteiger partial charge >= 0.3 is 0 Å². The molecule has 11 heteroatoms. The van der Waals surface area contributed by atoms with E-state index in [1.807, 2.05) is 4.72 Å². The predicted octanol–water partition coefficient (Wildman–Crippen LogP) is 0.680. The standard InChI is InChI=1S/C9H11BrN2O6S2/c1-19(15,16)5-4-11-20(17,18)9-6-7(10)2-3-8(9)12(13)14/h2-3,6,11H,4-5H2,1H3. The summed E-state index contributed by atoms with van der Waals surface area (Å²) >= 11 is 3.03. The highest BCUT2D eigenvalue weighted by Crippen LogP contribution is 2.26. The average molecular weight is 387 g/mol. The molecule has 1 rings (SSSR count). The lowest BCUT2D eigenvalue weighted by atomic mass is 10.3. The van der Waals surface area contributed by atoms with Crippen molar-refractivity contribution in [2.75, 3.05) is 18.6 Å². The molecule has 0 atom stereocenters. The molecule has 20 heavy (non-hydrogen) atoms. The maximum absolute atomic E-state index is 12.0. The first-order valence-corrected chi connectivity index (χ1v) is 9.48. The van der Waals surface area contributed by atoms with Crippen LogP contribution in [-0.2, 0) is 19.9 Å². The molecular weight excluding hydrogens is 376 g/mol. The third-order valence-electron chi connectivity index (χ3n) is 2.17. The number of halogens is 1. The normalized spacial score (nSPS) is 12.3. The summed E-state index contributed by atoms with van der Waals surface area (Å²) in [6.07, 6.45) is 0.961. The molecule has 0 aliphatic carbocycles. The number of rotatable bonds is 6. The van der Waals surface area contributed by atoms with Gasteiger partial charge in [-0.3, -0.25) is 10.1 Å². The summed E-state index contributed by atoms with van der Waals surface area (Å²) in [6.45, 7) is -0.356. The molecule has 1 N–H and O–H groups in total. The molecule has 112 valence electrons. The van der Waals surface area contributed by atoms with Crippen molar-refractivity contribution in [1.29, 1.82) is 0 Å². The fraction of sp³-hybridized carbons (Fsp3) is 0.333. The molecule has 0 fully saturated rings. The van der Waals surface area contributed by atoms with Gasteiger partial charge in [-0.1, -0.05) is 15.9 Å². The Labute approximate surface area is 124 Å². The van der Waals surface area contributed by atoms with Crippen LogP contribution in [0.15, 0.2) is 27.6 Å². The zero-order valence-electron chi connectivity index (χ0n) is 10.2. The van der Waals surface area contributed by atoms with Crippen molar-refractivity contribution in [3.8, 4) is 0 Å². The van der Waals surface area contributed by atoms with Crippen LogP contribution in [0.25, 0.3) is 0 Å². The summed E-state index contributed by atoms with van der Waals surface area (Å²) < 4.78 is 48.2. The smallest absolute Gasteiger partial charge is 0.258 e. The number of nitrogens with zero attached hydrogens (tertiary/aromatic N) is 1. The minimum absolute atomic E-state index is 0.353. The third kappa shape index (κ3) is 4.81. The van der Waals surface area contributed by atoms with E-state index in [1.165, 1.54) is 6.07 Å². The quantitative estimate of drug-likeness (QED) is 0.566. The SMILES string of the molecule is CS(=O)(=O)CCNS(=O)(=O)c1cc(Br)ccc1[N+](=O)[O-]. The van der Waals surface area contributed by atoms with E-state index in [0.29, 0.717) is 4.47 Å². The largest absolute Gasteiger partial charge is 0.289 e. The average Bonchev–Trinajstić information content (AvgIpc) is 2.26. The van der Waals surface area contributed by atoms with E-state index in [9.17, 15) is 26.9 Å². The van der Waals surface area contributed by atoms with Crippen LogP contribution in [0.2, 0.25) is 0 Å². The fourth-order valence-corrected chi connectivity index (χ4v) is 3.63. The van der Waals surface area contributed by atoms with Crippen molar-refractivity contribution < 1.29 is 21.8 Å². The molecule has 0 amide bonds. The van der Waals surface area contributed by atoms with Crippen molar-refractivity contribution >= 4 is 41.5 Å². The molecule has 0 aliphatic rings. The van der Waals surface area contributed by atoms with Gasteiger partial charge in [0.1, 0.15) is 9.84 Å². The third-order valence-corrected chi connectivity index (χ3v) is 5.10. The van der Waals surface area contributed by atoms with Gasteiger partial charge in [-0.05, 0) is 12.1 Å². The molecule has 1 aromatic rings. The first-order chi connectivity index (χ1) is 9.03. The molecule has 1 aromatic carbocycles. The fourth-order valence-electron chi connectivity index (χ4n) is 1.29. The van der Waals surface area contributed by atoms with Gasteiger partial charge in [0.25, 0.3) is 5.69 Å². The topological polar surface area (TPSA) is 123 Å². The van der Waals surface area contributed by atoms with E-state index in [0.717, 1.165) is 18.4 Å². The monoisotopic (exact) mass is 386 g/mol. The molecular formula is C9H11BrN2O6S2. The molecule has 0 spiro atoms. The summed E-state index contributed by atoms with van der Waals surface area (Å²) in [7, 11) is -7.50. The number of nitrogens with one attached hydrogen (secondary N) is 1. The highest BCUT2D eigenvalue weighted by molar-refractivity contribution is 9.10. The molecule has 0 aliphatic heterocycles. The van der Waals surface area contributed by atoms with Crippen LogP contribution in [0.5, 0.6) is 0 Å². The van der Waals surface area contributed by atoms with Crippen LogP contribution in [0.4, 0.5) is 5.69 Å². The van der Waals surface area contributed by atoms with E-state index in [1.54, 1.807) is 0 Å². The molecule has 0 saturated heterocycles. The molecule has 0 heterocycles. The van der Waals surface area contributed by atoms with E-state index >= 15 is 0 Å². The van der Waals surface area contributed by atoms with Crippen LogP contribution in [0.1, 0.15) is 0 Å². The van der Waals surface area contributed by atoms with E-state index < -0.39 is 41.1 Å². The highest BCUT2D eigenvalue weighted by Gasteiger charge is 2.25. The number of sulfonamides is 1. The van der Waals surface area contributed by atoms with Crippen molar-refractivity contribution in [3.05, 3.63) is 32.8 Å². The Bertz CT molecular complexity index is 729. The second kappa shape index (κ2) is 6.16. The number of benzene rings is 1. The second-order valence-electron chi connectivity index (χ2n) is 3.90. The van der Waals surface area contributed by atoms with Gasteiger partial charge in [0.05, 0.1) is 10.7 Å². The van der Waals surface area contributed by atoms with Crippen LogP contribution in [0, 0.1) is 10.1 Å². The van der Waals surface area contributed by atoms with Crippen LogP contribution >= 0.6 is 15.9 Å². The highest BCUT2D eigenvalue weighted by atomic mass is 79.9. The Morgan fingerprint density at radius 3 is 2.40 bits per heavy atom. The molecule has 0 unspecified atom stereocenters. The molecule has 0 aromatic heterocycles. The van der Waals surface area contributed by atoms with Gasteiger partial charge in [-0.15, -0.1) is 0 Å². The van der Waals surface area contributed by atoms with Crippen molar-refractivity contribution in [2.24, 2.45) is 0 Å². The van der Waals surface area contributed by atoms with Crippen molar-refractivity contribution in [1.82, 2.24) is 4.72 Å². The molecule has 0 bridgehead atoms. The minimum Gasteiger partial charge on any atom is -0.258 e. The molecule has 0 saturated carbocycles. The number of nitro benzene ring substituents is 1. The lowest BCUT2D eigenvalue weighted by Gasteiger charge is -2.07. The Hall–Kier alpha value is -1.04. The maximum Gasteiger partial charge on any atom is 0.289 e. The van der Waals surface area contributed by atoms with Gasteiger partial charge in [-0.25, -0.2) is 21.6 Å². The Morgan fingerprint density at radius 2 is 1.90 bits per heavy atom. The summed E-state index contributed by atoms with van der Waals surface area (Å²) in [5.41, 5.74) is -0.583. The van der Waals surface area contributed by atoms with Gasteiger partial charge in [0.2, 0.25) is 10.0 Å². The van der Waals surface area contributed by atoms with Crippen molar-refractivity contribution in [2.45, 2.75) is 4.90 Å². The van der Waals surface area contributed by atoms with E-state index in [2.05, 4.69) is 15.9 Å². The van der Waals surface area contributed by atoms with E-state index in [-0.39, 0.29) is 6.54 Å². The lowest BCUT2D eigenvalue weighted by Crippen LogP contribution is -2.29. The summed E-state index contributed by atoms with van der Waals surface area (Å²) in [4.78, 5) is 9.47. The zero-order chi connectivity index (χ0) is 15.6. The van der Waals surface area contributed by atoms with Gasteiger partial charge in [0, 0.05) is 23.3 Å². The zero-order valence-corrected chi connectivity index (χ0v) is 13.5. The number of hydrogen-bond acceptors (Lipinski definition) is 6. The molecule has 8 nitrogen and oxygen atoms in total. The van der Waals surface area contributed by atoms with Gasteiger partial charge < -0.3 is 0 Å². The summed E-state index contributed by atoms with van der Waals surface area (Å²) in [5.74, 6) is -0.395. The minimum atomic E-state index is -4.17. The second-order valence-corrected chi connectivity index (χ2v) is 8.81. The van der Waals surface area contributed by atoms with Crippen molar-refractivity contribution in [3.63, 3.8) is 0 Å². The Morgan fingerprint density at radius 1 is 1.30 bits per heavy atom. The summed E-state index contributed by atoms with van der Waals surface area (Å²) in [6, 6.07) is 3.48. The Balaban J connectivity index is 3.09. The van der Waals surface area contributed by atoms with Crippen LogP contribution in [-0.4, -0.2) is 40.3 Å². The van der Waals surface area contributed by atoms with Crippen LogP contribution < -0.4 is 4.72 Å². The first kappa shape index (κ1) is 17.0. The maximum atomic E-state index is 12.0. The number of nitro groups is 1. The van der Waals surface area contributed by atoms with Gasteiger partial charge in [0.15, 0.2) is 4.90 Å². The number of hydrogen-bond donors (Lipinski definition) is 1. The number of sulfone groups is 1.